The number of esters is 1. The quantitative estimate of drug-likeness (QED) is 0.288. The fourth-order valence-electron chi connectivity index (χ4n) is 3.84. The standard InChI is InChI=1S/C27H27N3O6S/c1-5-35-27(32)21-12-29-25(28)23-16(14-37-24(21)23)13-36-22-8-6-7-20(15(22)2)26(31)30-17-9-18(33-3)11-19(10-17)34-4/h6-12,14H,5,13H2,1-4H3,(H2,28,29)(H,30,31). The minimum atomic E-state index is -0.447. The normalized spacial score (nSPS) is 10.7. The lowest BCUT2D eigenvalue weighted by Gasteiger charge is -2.14. The molecule has 9 nitrogen and oxygen atoms in total. The van der Waals surface area contributed by atoms with E-state index in [4.69, 9.17) is 24.7 Å². The third kappa shape index (κ3) is 5.44. The van der Waals surface area contributed by atoms with E-state index in [-0.39, 0.29) is 19.1 Å². The molecule has 192 valence electrons. The van der Waals surface area contributed by atoms with Gasteiger partial charge in [0.15, 0.2) is 0 Å². The first-order valence-electron chi connectivity index (χ1n) is 11.4. The minimum absolute atomic E-state index is 0.178. The monoisotopic (exact) mass is 521 g/mol. The fourth-order valence-corrected chi connectivity index (χ4v) is 4.90. The Hall–Kier alpha value is -4.31. The molecule has 0 radical (unpaired) electrons. The van der Waals surface area contributed by atoms with E-state index >= 15 is 0 Å². The van der Waals surface area contributed by atoms with Gasteiger partial charge in [-0.05, 0) is 31.4 Å². The largest absolute Gasteiger partial charge is 0.497 e. The number of nitrogens with two attached hydrogens (primary N) is 1. The Bertz CT molecular complexity index is 1440. The van der Waals surface area contributed by atoms with Crippen molar-refractivity contribution in [2.75, 3.05) is 31.9 Å². The van der Waals surface area contributed by atoms with Crippen LogP contribution in [-0.2, 0) is 11.3 Å². The molecule has 0 fully saturated rings. The molecule has 10 heteroatoms. The summed E-state index contributed by atoms with van der Waals surface area (Å²) in [4.78, 5) is 29.6. The molecule has 0 bridgehead atoms. The molecule has 2 heterocycles. The first kappa shape index (κ1) is 25.8. The number of hydrogen-bond acceptors (Lipinski definition) is 9. The summed E-state index contributed by atoms with van der Waals surface area (Å²) in [5, 5.41) is 5.43. The summed E-state index contributed by atoms with van der Waals surface area (Å²) in [6.07, 6.45) is 1.43. The van der Waals surface area contributed by atoms with E-state index in [0.717, 1.165) is 5.56 Å². The zero-order valence-corrected chi connectivity index (χ0v) is 21.7. The third-order valence-corrected chi connectivity index (χ3v) is 6.78. The maximum Gasteiger partial charge on any atom is 0.341 e. The maximum atomic E-state index is 13.1. The lowest BCUT2D eigenvalue weighted by molar-refractivity contribution is 0.0528. The summed E-state index contributed by atoms with van der Waals surface area (Å²) in [6, 6.07) is 10.4. The Morgan fingerprint density at radius 2 is 1.81 bits per heavy atom. The van der Waals surface area contributed by atoms with Gasteiger partial charge >= 0.3 is 5.97 Å². The molecule has 4 aromatic rings. The van der Waals surface area contributed by atoms with Crippen LogP contribution in [0.25, 0.3) is 10.1 Å². The van der Waals surface area contributed by atoms with Crippen molar-refractivity contribution in [3.8, 4) is 17.2 Å². The second kappa shape index (κ2) is 11.2. The maximum absolute atomic E-state index is 13.1. The van der Waals surface area contributed by atoms with Crippen molar-refractivity contribution >= 4 is 44.8 Å². The van der Waals surface area contributed by atoms with Crippen molar-refractivity contribution in [3.05, 3.63) is 70.2 Å². The molecule has 1 amide bonds. The number of methoxy groups -OCH3 is 2. The fraction of sp³-hybridized carbons (Fsp3) is 0.222. The number of fused-ring (bicyclic) bond motifs is 1. The average Bonchev–Trinajstić information content (AvgIpc) is 3.33. The molecule has 0 aliphatic carbocycles. The summed E-state index contributed by atoms with van der Waals surface area (Å²) < 4.78 is 22.5. The van der Waals surface area contributed by atoms with Gasteiger partial charge in [-0.3, -0.25) is 4.79 Å². The number of amides is 1. The average molecular weight is 522 g/mol. The molecule has 0 atom stereocenters. The SMILES string of the molecule is CCOC(=O)c1cnc(N)c2c(COc3cccc(C(=O)Nc4cc(OC)cc(OC)c4)c3C)csc12. The number of pyridine rings is 1. The van der Waals surface area contributed by atoms with Crippen LogP contribution in [0.4, 0.5) is 11.5 Å². The number of nitrogen functional groups attached to an aromatic ring is 1. The van der Waals surface area contributed by atoms with Crippen LogP contribution < -0.4 is 25.3 Å². The highest BCUT2D eigenvalue weighted by Gasteiger charge is 2.19. The molecule has 0 spiro atoms. The molecular formula is C27H27N3O6S. The molecule has 4 rings (SSSR count). The van der Waals surface area contributed by atoms with Crippen LogP contribution in [0.2, 0.25) is 0 Å². The lowest BCUT2D eigenvalue weighted by Crippen LogP contribution is -2.14. The molecule has 0 saturated carbocycles. The van der Waals surface area contributed by atoms with E-state index in [1.165, 1.54) is 17.5 Å². The van der Waals surface area contributed by atoms with Crippen molar-refractivity contribution < 1.29 is 28.5 Å². The molecule has 0 aliphatic heterocycles. The van der Waals surface area contributed by atoms with Crippen molar-refractivity contribution in [3.63, 3.8) is 0 Å². The topological polar surface area (TPSA) is 122 Å². The Balaban J connectivity index is 1.55. The number of thiophene rings is 1. The van der Waals surface area contributed by atoms with E-state index < -0.39 is 5.97 Å². The van der Waals surface area contributed by atoms with Crippen LogP contribution in [0.5, 0.6) is 17.2 Å². The van der Waals surface area contributed by atoms with Crippen molar-refractivity contribution in [1.29, 1.82) is 0 Å². The Labute approximate surface area is 218 Å². The van der Waals surface area contributed by atoms with Crippen LogP contribution in [0.1, 0.15) is 38.8 Å². The molecule has 0 saturated heterocycles. The summed E-state index contributed by atoms with van der Waals surface area (Å²) in [6.45, 7) is 4.01. The summed E-state index contributed by atoms with van der Waals surface area (Å²) >= 11 is 1.38. The van der Waals surface area contributed by atoms with Gasteiger partial charge in [-0.1, -0.05) is 6.07 Å². The molecule has 3 N–H and O–H groups in total. The van der Waals surface area contributed by atoms with Crippen LogP contribution in [0, 0.1) is 6.92 Å². The van der Waals surface area contributed by atoms with Gasteiger partial charge in [0, 0.05) is 52.2 Å². The van der Waals surface area contributed by atoms with Crippen molar-refractivity contribution in [2.24, 2.45) is 0 Å². The lowest BCUT2D eigenvalue weighted by atomic mass is 10.1. The van der Waals surface area contributed by atoms with E-state index in [1.807, 2.05) is 12.3 Å². The van der Waals surface area contributed by atoms with Crippen LogP contribution in [0.15, 0.2) is 48.0 Å². The smallest absolute Gasteiger partial charge is 0.341 e. The van der Waals surface area contributed by atoms with Gasteiger partial charge in [0.25, 0.3) is 5.91 Å². The van der Waals surface area contributed by atoms with Gasteiger partial charge < -0.3 is 30.0 Å². The second-order valence-electron chi connectivity index (χ2n) is 8.02. The number of nitrogens with zero attached hydrogens (tertiary/aromatic N) is 1. The van der Waals surface area contributed by atoms with Gasteiger partial charge in [0.05, 0.1) is 31.1 Å². The number of hydrogen-bond donors (Lipinski definition) is 2. The molecule has 0 aliphatic rings. The number of rotatable bonds is 9. The van der Waals surface area contributed by atoms with Gasteiger partial charge in [0.1, 0.15) is 29.7 Å². The Morgan fingerprint density at radius 3 is 2.49 bits per heavy atom. The zero-order chi connectivity index (χ0) is 26.5. The number of ether oxygens (including phenoxy) is 4. The molecule has 2 aromatic carbocycles. The van der Waals surface area contributed by atoms with Gasteiger partial charge in [-0.25, -0.2) is 9.78 Å². The van der Waals surface area contributed by atoms with Crippen molar-refractivity contribution in [2.45, 2.75) is 20.5 Å². The number of carbonyl (C=O) groups excluding carboxylic acids is 2. The number of aromatic nitrogens is 1. The highest BCUT2D eigenvalue weighted by molar-refractivity contribution is 7.17. The highest BCUT2D eigenvalue weighted by atomic mass is 32.1. The van der Waals surface area contributed by atoms with Gasteiger partial charge in [-0.15, -0.1) is 11.3 Å². The predicted molar refractivity (Wildman–Crippen MR) is 143 cm³/mol. The van der Waals surface area contributed by atoms with Crippen LogP contribution in [-0.4, -0.2) is 37.7 Å². The minimum Gasteiger partial charge on any atom is -0.497 e. The summed E-state index contributed by atoms with van der Waals surface area (Å²) in [5.41, 5.74) is 8.96. The number of nitrogens with one attached hydrogen (secondary N) is 1. The van der Waals surface area contributed by atoms with E-state index in [9.17, 15) is 9.59 Å². The zero-order valence-electron chi connectivity index (χ0n) is 20.9. The third-order valence-electron chi connectivity index (χ3n) is 5.72. The molecule has 2 aromatic heterocycles. The number of carbonyl (C=O) groups is 2. The Kier molecular flexibility index (Phi) is 7.78. The first-order valence-corrected chi connectivity index (χ1v) is 12.3. The number of anilines is 2. The Morgan fingerprint density at radius 1 is 1.08 bits per heavy atom. The van der Waals surface area contributed by atoms with Crippen LogP contribution in [0.3, 0.4) is 0 Å². The van der Waals surface area contributed by atoms with E-state index in [1.54, 1.807) is 57.5 Å². The van der Waals surface area contributed by atoms with Gasteiger partial charge in [-0.2, -0.15) is 0 Å². The highest BCUT2D eigenvalue weighted by Crippen LogP contribution is 2.34. The molecule has 37 heavy (non-hydrogen) atoms. The van der Waals surface area contributed by atoms with Gasteiger partial charge in [0.2, 0.25) is 0 Å². The second-order valence-corrected chi connectivity index (χ2v) is 8.90. The first-order chi connectivity index (χ1) is 17.9. The number of benzene rings is 2. The summed E-state index contributed by atoms with van der Waals surface area (Å²) in [5.74, 6) is 1.23. The molecular weight excluding hydrogens is 494 g/mol. The summed E-state index contributed by atoms with van der Waals surface area (Å²) in [7, 11) is 3.09. The van der Waals surface area contributed by atoms with E-state index in [0.29, 0.717) is 55.5 Å². The van der Waals surface area contributed by atoms with Crippen LogP contribution >= 0.6 is 11.3 Å². The van der Waals surface area contributed by atoms with Crippen molar-refractivity contribution in [1.82, 2.24) is 4.98 Å². The predicted octanol–water partition coefficient (Wildman–Crippen LogP) is 5.21. The van der Waals surface area contributed by atoms with E-state index in [2.05, 4.69) is 10.3 Å². The molecule has 0 unspecified atom stereocenters.